The maximum absolute atomic E-state index is 12.5. The molecule has 4 N–H and O–H groups in total. The monoisotopic (exact) mass is 431 g/mol. The predicted molar refractivity (Wildman–Crippen MR) is 123 cm³/mol. The number of ketones is 1. The van der Waals surface area contributed by atoms with Gasteiger partial charge in [0.2, 0.25) is 5.95 Å². The van der Waals surface area contributed by atoms with E-state index in [1.54, 1.807) is 18.2 Å². The quantitative estimate of drug-likeness (QED) is 0.422. The van der Waals surface area contributed by atoms with Gasteiger partial charge in [0.15, 0.2) is 5.78 Å². The summed E-state index contributed by atoms with van der Waals surface area (Å²) >= 11 is 0. The summed E-state index contributed by atoms with van der Waals surface area (Å²) in [5.74, 6) is 0.592. The Morgan fingerprint density at radius 3 is 2.78 bits per heavy atom. The molecule has 0 saturated carbocycles. The first kappa shape index (κ1) is 21.4. The van der Waals surface area contributed by atoms with Gasteiger partial charge < -0.3 is 21.3 Å². The summed E-state index contributed by atoms with van der Waals surface area (Å²) in [4.78, 5) is 37.3. The molecule has 0 bridgehead atoms. The van der Waals surface area contributed by atoms with Crippen LogP contribution in [0.5, 0.6) is 0 Å². The zero-order valence-electron chi connectivity index (χ0n) is 18.0. The molecule has 0 fully saturated rings. The van der Waals surface area contributed by atoms with E-state index in [9.17, 15) is 9.59 Å². The van der Waals surface area contributed by atoms with Crippen LogP contribution in [0.3, 0.4) is 0 Å². The van der Waals surface area contributed by atoms with E-state index in [2.05, 4.69) is 48.4 Å². The molecule has 9 heteroatoms. The van der Waals surface area contributed by atoms with Gasteiger partial charge >= 0.3 is 0 Å². The number of rotatable bonds is 7. The molecule has 2 aromatic heterocycles. The van der Waals surface area contributed by atoms with Crippen molar-refractivity contribution in [3.8, 4) is 0 Å². The van der Waals surface area contributed by atoms with Crippen LogP contribution < -0.4 is 21.3 Å². The van der Waals surface area contributed by atoms with Crippen molar-refractivity contribution in [2.24, 2.45) is 0 Å². The second-order valence-electron chi connectivity index (χ2n) is 7.44. The van der Waals surface area contributed by atoms with Crippen molar-refractivity contribution in [3.63, 3.8) is 0 Å². The second kappa shape index (κ2) is 9.52. The van der Waals surface area contributed by atoms with E-state index in [4.69, 9.17) is 0 Å². The lowest BCUT2D eigenvalue weighted by atomic mass is 10.0. The number of carbonyl (C=O) groups excluding carboxylic acids is 2. The van der Waals surface area contributed by atoms with Crippen LogP contribution in [0.25, 0.3) is 0 Å². The molecule has 32 heavy (non-hydrogen) atoms. The molecule has 1 aliphatic rings. The number of pyridine rings is 1. The molecule has 0 radical (unpaired) electrons. The highest BCUT2D eigenvalue weighted by Crippen LogP contribution is 2.23. The van der Waals surface area contributed by atoms with Crippen LogP contribution in [0.1, 0.15) is 45.8 Å². The summed E-state index contributed by atoms with van der Waals surface area (Å²) in [5.41, 5.74) is 4.04. The predicted octanol–water partition coefficient (Wildman–Crippen LogP) is 2.96. The van der Waals surface area contributed by atoms with E-state index in [-0.39, 0.29) is 17.3 Å². The van der Waals surface area contributed by atoms with Gasteiger partial charge in [-0.1, -0.05) is 12.1 Å². The molecule has 3 heterocycles. The maximum atomic E-state index is 12.5. The highest BCUT2D eigenvalue weighted by molar-refractivity contribution is 5.99. The zero-order valence-corrected chi connectivity index (χ0v) is 18.0. The highest BCUT2D eigenvalue weighted by atomic mass is 16.1. The van der Waals surface area contributed by atoms with Crippen LogP contribution >= 0.6 is 0 Å². The summed E-state index contributed by atoms with van der Waals surface area (Å²) in [6.45, 7) is 5.57. The maximum Gasteiger partial charge on any atom is 0.256 e. The molecule has 9 nitrogen and oxygen atoms in total. The van der Waals surface area contributed by atoms with E-state index < -0.39 is 0 Å². The molecule has 0 saturated heterocycles. The van der Waals surface area contributed by atoms with Crippen molar-refractivity contribution in [1.29, 1.82) is 0 Å². The molecule has 1 amide bonds. The van der Waals surface area contributed by atoms with Crippen molar-refractivity contribution in [1.82, 2.24) is 25.6 Å². The van der Waals surface area contributed by atoms with Crippen molar-refractivity contribution in [2.45, 2.75) is 26.8 Å². The summed E-state index contributed by atoms with van der Waals surface area (Å²) < 4.78 is 0. The minimum absolute atomic E-state index is 0.149. The lowest BCUT2D eigenvalue weighted by molar-refractivity contribution is 0.0954. The van der Waals surface area contributed by atoms with Gasteiger partial charge in [0, 0.05) is 31.9 Å². The van der Waals surface area contributed by atoms with Gasteiger partial charge in [-0.15, -0.1) is 0 Å². The highest BCUT2D eigenvalue weighted by Gasteiger charge is 2.16. The second-order valence-corrected chi connectivity index (χ2v) is 7.44. The van der Waals surface area contributed by atoms with Gasteiger partial charge in [0.05, 0.1) is 0 Å². The van der Waals surface area contributed by atoms with Gasteiger partial charge in [-0.25, -0.2) is 9.97 Å². The van der Waals surface area contributed by atoms with E-state index in [0.29, 0.717) is 29.8 Å². The largest absolute Gasteiger partial charge is 0.352 e. The Kier molecular flexibility index (Phi) is 6.37. The molecule has 0 unspecified atom stereocenters. The fourth-order valence-electron chi connectivity index (χ4n) is 3.47. The molecule has 0 spiro atoms. The standard InChI is InChI=1S/C23H25N7O2/c1-3-25-22(32)18-13-26-23(27-17-8-7-15-9-10-24-12-16(15)11-17)30-21(18)29-20-6-4-5-19(28-20)14(2)31/h4-8,11,13,24H,3,9-10,12H2,1-2H3,(H,25,32)(H2,26,27,28,29,30). The van der Waals surface area contributed by atoms with Crippen LogP contribution in [-0.2, 0) is 13.0 Å². The molecular formula is C23H25N7O2. The van der Waals surface area contributed by atoms with Crippen molar-refractivity contribution >= 4 is 35.0 Å². The van der Waals surface area contributed by atoms with E-state index in [0.717, 1.165) is 25.2 Å². The number of Topliss-reactive ketones (excluding diaryl/α,β-unsaturated/α-hetero) is 1. The topological polar surface area (TPSA) is 121 Å². The molecule has 1 aromatic carbocycles. The number of anilines is 4. The van der Waals surface area contributed by atoms with Crippen molar-refractivity contribution < 1.29 is 9.59 Å². The van der Waals surface area contributed by atoms with E-state index >= 15 is 0 Å². The molecule has 164 valence electrons. The van der Waals surface area contributed by atoms with Crippen LogP contribution in [0.4, 0.5) is 23.3 Å². The van der Waals surface area contributed by atoms with E-state index in [1.165, 1.54) is 24.2 Å². The first-order valence-electron chi connectivity index (χ1n) is 10.5. The van der Waals surface area contributed by atoms with Gasteiger partial charge in [0.25, 0.3) is 5.91 Å². The third kappa shape index (κ3) is 4.89. The summed E-state index contributed by atoms with van der Waals surface area (Å²) in [6.07, 6.45) is 2.48. The summed E-state index contributed by atoms with van der Waals surface area (Å²) in [7, 11) is 0. The smallest absolute Gasteiger partial charge is 0.256 e. The first-order chi connectivity index (χ1) is 15.5. The van der Waals surface area contributed by atoms with Crippen LogP contribution in [-0.4, -0.2) is 39.7 Å². The minimum atomic E-state index is -0.302. The molecular weight excluding hydrogens is 406 g/mol. The molecule has 1 aliphatic heterocycles. The van der Waals surface area contributed by atoms with Crippen molar-refractivity contribution in [2.75, 3.05) is 23.7 Å². The fraction of sp³-hybridized carbons (Fsp3) is 0.261. The van der Waals surface area contributed by atoms with Gasteiger partial charge in [-0.3, -0.25) is 9.59 Å². The Morgan fingerprint density at radius 2 is 1.97 bits per heavy atom. The number of aromatic nitrogens is 3. The molecule has 0 aliphatic carbocycles. The minimum Gasteiger partial charge on any atom is -0.352 e. The summed E-state index contributed by atoms with van der Waals surface area (Å²) in [6, 6.07) is 11.2. The lowest BCUT2D eigenvalue weighted by Gasteiger charge is -2.18. The van der Waals surface area contributed by atoms with Crippen LogP contribution in [0.2, 0.25) is 0 Å². The third-order valence-electron chi connectivity index (χ3n) is 5.08. The van der Waals surface area contributed by atoms with Gasteiger partial charge in [0.1, 0.15) is 22.9 Å². The lowest BCUT2D eigenvalue weighted by Crippen LogP contribution is -2.24. The summed E-state index contributed by atoms with van der Waals surface area (Å²) in [5, 5.41) is 12.4. The number of hydrogen-bond donors (Lipinski definition) is 4. The van der Waals surface area contributed by atoms with Crippen molar-refractivity contribution in [3.05, 3.63) is 65.0 Å². The molecule has 4 rings (SSSR count). The van der Waals surface area contributed by atoms with Crippen LogP contribution in [0.15, 0.2) is 42.6 Å². The number of hydrogen-bond acceptors (Lipinski definition) is 8. The Bertz CT molecular complexity index is 1160. The zero-order chi connectivity index (χ0) is 22.5. The van der Waals surface area contributed by atoms with Gasteiger partial charge in [-0.05, 0) is 55.3 Å². The fourth-order valence-corrected chi connectivity index (χ4v) is 3.47. The average molecular weight is 432 g/mol. The normalized spacial score (nSPS) is 12.6. The van der Waals surface area contributed by atoms with E-state index in [1.807, 2.05) is 13.0 Å². The van der Waals surface area contributed by atoms with Crippen LogP contribution in [0, 0.1) is 0 Å². The number of nitrogens with zero attached hydrogens (tertiary/aromatic N) is 3. The Labute approximate surface area is 186 Å². The molecule has 3 aromatic rings. The third-order valence-corrected chi connectivity index (χ3v) is 5.08. The number of carbonyl (C=O) groups is 2. The average Bonchev–Trinajstić information content (AvgIpc) is 2.79. The Hall–Kier alpha value is -3.85. The number of nitrogens with one attached hydrogen (secondary N) is 4. The number of benzene rings is 1. The number of fused-ring (bicyclic) bond motifs is 1. The first-order valence-corrected chi connectivity index (χ1v) is 10.5. The molecule has 0 atom stereocenters. The Balaban J connectivity index is 1.64. The SMILES string of the molecule is CCNC(=O)c1cnc(Nc2ccc3c(c2)CNCC3)nc1Nc1cccc(C(C)=O)n1. The number of amides is 1. The Morgan fingerprint density at radius 1 is 1.09 bits per heavy atom. The van der Waals surface area contributed by atoms with Gasteiger partial charge in [-0.2, -0.15) is 4.98 Å².